The van der Waals surface area contributed by atoms with E-state index in [1.807, 2.05) is 17.8 Å². The Balaban J connectivity index is 2.32. The number of aromatic amines is 1. The lowest BCUT2D eigenvalue weighted by atomic mass is 10.1. The van der Waals surface area contributed by atoms with Crippen molar-refractivity contribution < 1.29 is 0 Å². The van der Waals surface area contributed by atoms with Crippen molar-refractivity contribution >= 4 is 5.82 Å². The highest BCUT2D eigenvalue weighted by Crippen LogP contribution is 2.23. The molecule has 7 heteroatoms. The zero-order valence-electron chi connectivity index (χ0n) is 9.01. The lowest BCUT2D eigenvalue weighted by Gasteiger charge is -2.12. The first-order chi connectivity index (χ1) is 7.76. The quantitative estimate of drug-likeness (QED) is 0.420. The fourth-order valence-corrected chi connectivity index (χ4v) is 1.60. The Hall–Kier alpha value is -1.86. The molecule has 0 bridgehead atoms. The number of nitrogen functional groups attached to an aromatic ring is 1. The monoisotopic (exact) mass is 221 g/mol. The van der Waals surface area contributed by atoms with E-state index in [0.717, 1.165) is 17.7 Å². The summed E-state index contributed by atoms with van der Waals surface area (Å²) in [7, 11) is 0. The van der Waals surface area contributed by atoms with Crippen LogP contribution in [0, 0.1) is 0 Å². The molecule has 2 aromatic rings. The molecule has 0 spiro atoms. The van der Waals surface area contributed by atoms with Crippen LogP contribution in [0.4, 0.5) is 5.82 Å². The molecule has 16 heavy (non-hydrogen) atoms. The van der Waals surface area contributed by atoms with Crippen molar-refractivity contribution in [2.75, 3.05) is 5.73 Å². The predicted molar refractivity (Wildman–Crippen MR) is 60.1 cm³/mol. The van der Waals surface area contributed by atoms with Gasteiger partial charge in [0.25, 0.3) is 0 Å². The lowest BCUT2D eigenvalue weighted by Crippen LogP contribution is -2.28. The summed E-state index contributed by atoms with van der Waals surface area (Å²) in [5, 5.41) is 10.7. The summed E-state index contributed by atoms with van der Waals surface area (Å²) in [4.78, 5) is 0. The van der Waals surface area contributed by atoms with Gasteiger partial charge in [0.15, 0.2) is 0 Å². The Kier molecular flexibility index (Phi) is 2.88. The minimum atomic E-state index is -0.195. The first kappa shape index (κ1) is 10.7. The van der Waals surface area contributed by atoms with Gasteiger partial charge in [0.2, 0.25) is 0 Å². The minimum absolute atomic E-state index is 0.195. The van der Waals surface area contributed by atoms with Crippen LogP contribution >= 0.6 is 0 Å². The molecule has 7 nitrogen and oxygen atoms in total. The number of hydrazine groups is 1. The molecule has 1 atom stereocenters. The average Bonchev–Trinajstić information content (AvgIpc) is 2.90. The van der Waals surface area contributed by atoms with E-state index in [4.69, 9.17) is 11.6 Å². The van der Waals surface area contributed by atoms with E-state index in [1.54, 1.807) is 12.4 Å². The highest BCUT2D eigenvalue weighted by Gasteiger charge is 2.18. The Morgan fingerprint density at radius 1 is 1.56 bits per heavy atom. The Labute approximate surface area is 92.8 Å². The van der Waals surface area contributed by atoms with Crippen molar-refractivity contribution in [1.82, 2.24) is 25.4 Å². The maximum atomic E-state index is 5.75. The van der Waals surface area contributed by atoms with Gasteiger partial charge in [0.05, 0.1) is 18.4 Å². The van der Waals surface area contributed by atoms with Crippen LogP contribution in [0.1, 0.15) is 24.1 Å². The van der Waals surface area contributed by atoms with Crippen molar-refractivity contribution in [1.29, 1.82) is 0 Å². The van der Waals surface area contributed by atoms with E-state index >= 15 is 0 Å². The van der Waals surface area contributed by atoms with Crippen LogP contribution in [0.15, 0.2) is 18.6 Å². The highest BCUT2D eigenvalue weighted by atomic mass is 15.3. The third-order valence-electron chi connectivity index (χ3n) is 2.49. The summed E-state index contributed by atoms with van der Waals surface area (Å²) in [5.41, 5.74) is 10.2. The van der Waals surface area contributed by atoms with Gasteiger partial charge in [-0.05, 0) is 6.92 Å². The standard InChI is InChI=1S/C9H15N7/c1-2-16-5-6(3-13-16)8(14-11)7-4-12-15-9(7)10/h3-5,8,14H,2,11H2,1H3,(H3,10,12,15). The maximum absolute atomic E-state index is 5.75. The molecule has 0 aliphatic carbocycles. The second-order valence-corrected chi connectivity index (χ2v) is 3.47. The molecular formula is C9H15N7. The van der Waals surface area contributed by atoms with Gasteiger partial charge in [-0.1, -0.05) is 0 Å². The Morgan fingerprint density at radius 3 is 2.88 bits per heavy atom. The number of aryl methyl sites for hydroxylation is 1. The number of aromatic nitrogens is 4. The molecule has 0 radical (unpaired) electrons. The van der Waals surface area contributed by atoms with Crippen LogP contribution in [-0.2, 0) is 6.54 Å². The minimum Gasteiger partial charge on any atom is -0.384 e. The number of anilines is 1. The highest BCUT2D eigenvalue weighted by molar-refractivity contribution is 5.43. The number of nitrogens with zero attached hydrogens (tertiary/aromatic N) is 3. The van der Waals surface area contributed by atoms with Crippen molar-refractivity contribution in [3.63, 3.8) is 0 Å². The summed E-state index contributed by atoms with van der Waals surface area (Å²) in [6, 6.07) is -0.195. The number of hydrogen-bond acceptors (Lipinski definition) is 5. The number of nitrogens with two attached hydrogens (primary N) is 2. The van der Waals surface area contributed by atoms with Gasteiger partial charge in [0, 0.05) is 23.9 Å². The van der Waals surface area contributed by atoms with E-state index in [-0.39, 0.29) is 6.04 Å². The molecule has 0 aromatic carbocycles. The lowest BCUT2D eigenvalue weighted by molar-refractivity contribution is 0.631. The van der Waals surface area contributed by atoms with Gasteiger partial charge in [-0.25, -0.2) is 5.43 Å². The van der Waals surface area contributed by atoms with E-state index in [9.17, 15) is 0 Å². The van der Waals surface area contributed by atoms with Crippen LogP contribution in [0.25, 0.3) is 0 Å². The van der Waals surface area contributed by atoms with Crippen LogP contribution in [-0.4, -0.2) is 20.0 Å². The van der Waals surface area contributed by atoms with E-state index in [1.165, 1.54) is 0 Å². The SMILES string of the molecule is CCn1cc(C(NN)c2cn[nH]c2N)cn1. The van der Waals surface area contributed by atoms with Gasteiger partial charge < -0.3 is 5.73 Å². The fraction of sp³-hybridized carbons (Fsp3) is 0.333. The molecule has 0 saturated heterocycles. The van der Waals surface area contributed by atoms with E-state index in [2.05, 4.69) is 20.7 Å². The van der Waals surface area contributed by atoms with E-state index in [0.29, 0.717) is 5.82 Å². The van der Waals surface area contributed by atoms with Crippen LogP contribution in [0.2, 0.25) is 0 Å². The summed E-state index contributed by atoms with van der Waals surface area (Å²) >= 11 is 0. The van der Waals surface area contributed by atoms with Gasteiger partial charge in [-0.3, -0.25) is 15.6 Å². The molecule has 0 saturated carbocycles. The van der Waals surface area contributed by atoms with Gasteiger partial charge in [-0.2, -0.15) is 10.2 Å². The van der Waals surface area contributed by atoms with Crippen LogP contribution < -0.4 is 17.0 Å². The third kappa shape index (κ3) is 1.77. The topological polar surface area (TPSA) is 111 Å². The number of hydrogen-bond donors (Lipinski definition) is 4. The van der Waals surface area contributed by atoms with Crippen molar-refractivity contribution in [3.8, 4) is 0 Å². The fourth-order valence-electron chi connectivity index (χ4n) is 1.60. The second kappa shape index (κ2) is 4.33. The zero-order valence-corrected chi connectivity index (χ0v) is 9.01. The van der Waals surface area contributed by atoms with Gasteiger partial charge in [-0.15, -0.1) is 0 Å². The normalized spacial score (nSPS) is 12.9. The van der Waals surface area contributed by atoms with E-state index < -0.39 is 0 Å². The Morgan fingerprint density at radius 2 is 2.38 bits per heavy atom. The molecule has 0 amide bonds. The number of nitrogens with one attached hydrogen (secondary N) is 2. The summed E-state index contributed by atoms with van der Waals surface area (Å²) < 4.78 is 1.83. The smallest absolute Gasteiger partial charge is 0.124 e. The molecule has 1 unspecified atom stereocenters. The predicted octanol–water partition coefficient (Wildman–Crippen LogP) is -0.239. The van der Waals surface area contributed by atoms with Gasteiger partial charge >= 0.3 is 0 Å². The molecule has 6 N–H and O–H groups in total. The molecule has 0 aliphatic rings. The number of H-pyrrole nitrogens is 1. The average molecular weight is 221 g/mol. The molecule has 2 rings (SSSR count). The first-order valence-corrected chi connectivity index (χ1v) is 5.03. The first-order valence-electron chi connectivity index (χ1n) is 5.03. The molecule has 2 heterocycles. The molecule has 0 aliphatic heterocycles. The second-order valence-electron chi connectivity index (χ2n) is 3.47. The van der Waals surface area contributed by atoms with Crippen LogP contribution in [0.3, 0.4) is 0 Å². The molecular weight excluding hydrogens is 206 g/mol. The maximum Gasteiger partial charge on any atom is 0.124 e. The molecule has 2 aromatic heterocycles. The van der Waals surface area contributed by atoms with Crippen molar-refractivity contribution in [3.05, 3.63) is 29.7 Å². The number of rotatable bonds is 4. The third-order valence-corrected chi connectivity index (χ3v) is 2.49. The summed E-state index contributed by atoms with van der Waals surface area (Å²) in [6.45, 7) is 2.84. The molecule has 86 valence electrons. The van der Waals surface area contributed by atoms with Crippen molar-refractivity contribution in [2.24, 2.45) is 5.84 Å². The summed E-state index contributed by atoms with van der Waals surface area (Å²) in [5.74, 6) is 6.04. The summed E-state index contributed by atoms with van der Waals surface area (Å²) in [6.07, 6.45) is 5.35. The molecule has 0 fully saturated rings. The Bertz CT molecular complexity index is 458. The van der Waals surface area contributed by atoms with Crippen LogP contribution in [0.5, 0.6) is 0 Å². The van der Waals surface area contributed by atoms with Gasteiger partial charge in [0.1, 0.15) is 5.82 Å². The largest absolute Gasteiger partial charge is 0.384 e. The zero-order chi connectivity index (χ0) is 11.5. The van der Waals surface area contributed by atoms with Crippen molar-refractivity contribution in [2.45, 2.75) is 19.5 Å².